The Morgan fingerprint density at radius 3 is 1.88 bits per heavy atom. The number of hydrazine groups is 1. The highest BCUT2D eigenvalue weighted by molar-refractivity contribution is 7.83. The lowest BCUT2D eigenvalue weighted by Crippen LogP contribution is -2.58. The Kier molecular flexibility index (Phi) is 11.1. The maximum absolute atomic E-state index is 14.0. The van der Waals surface area contributed by atoms with E-state index in [1.54, 1.807) is 11.6 Å². The van der Waals surface area contributed by atoms with Crippen LogP contribution >= 0.6 is 18.1 Å². The summed E-state index contributed by atoms with van der Waals surface area (Å²) in [6.45, 7) is 4.73. The van der Waals surface area contributed by atoms with Crippen molar-refractivity contribution < 1.29 is 13.8 Å². The van der Waals surface area contributed by atoms with E-state index in [1.165, 1.54) is 10.8 Å². The number of aromatic amines is 1. The van der Waals surface area contributed by atoms with Crippen molar-refractivity contribution >= 4 is 18.1 Å². The number of nitrogens with zero attached hydrogens (tertiary/aromatic N) is 5. The lowest BCUT2D eigenvalue weighted by molar-refractivity contribution is -0.148. The molecule has 51 heavy (non-hydrogen) atoms. The van der Waals surface area contributed by atoms with Gasteiger partial charge in [-0.1, -0.05) is 91.0 Å². The average molecular weight is 734 g/mol. The van der Waals surface area contributed by atoms with Gasteiger partial charge in [0, 0.05) is 77.2 Å². The van der Waals surface area contributed by atoms with Gasteiger partial charge in [0.15, 0.2) is 6.23 Å². The zero-order valence-corrected chi connectivity index (χ0v) is 30.4. The van der Waals surface area contributed by atoms with E-state index in [4.69, 9.17) is 20.5 Å². The van der Waals surface area contributed by atoms with Crippen LogP contribution in [0.2, 0.25) is 0 Å². The molecule has 7 rings (SSSR count). The van der Waals surface area contributed by atoms with Gasteiger partial charge in [0.25, 0.3) is 5.56 Å². The second kappa shape index (κ2) is 15.7. The fraction of sp³-hybridized carbons (Fsp3) is 0.405. The number of benzene rings is 3. The van der Waals surface area contributed by atoms with E-state index in [-0.39, 0.29) is 13.2 Å². The summed E-state index contributed by atoms with van der Waals surface area (Å²) in [6, 6.07) is 30.8. The lowest BCUT2D eigenvalue weighted by Gasteiger charge is -2.50. The number of morpholine rings is 1. The van der Waals surface area contributed by atoms with E-state index in [9.17, 15) is 14.2 Å². The van der Waals surface area contributed by atoms with Crippen molar-refractivity contribution in [1.82, 2.24) is 34.5 Å². The second-order valence-corrected chi connectivity index (χ2v) is 16.3. The first-order chi connectivity index (χ1) is 24.8. The molecule has 3 atom stereocenters. The van der Waals surface area contributed by atoms with Gasteiger partial charge in [-0.15, -0.1) is 0 Å². The minimum absolute atomic E-state index is 0.0721. The summed E-state index contributed by atoms with van der Waals surface area (Å²) < 4.78 is 29.9. The SMILES string of the molecule is Cc1cn(C2CN(C(c3ccccc3)(c3ccccc3)c3ccccc3)CC(COP(=O)(Cl)N3CCN(N4CCNCC4)CC3)O2)c(=O)[nH]c1=O. The molecular weight excluding hydrogens is 689 g/mol. The summed E-state index contributed by atoms with van der Waals surface area (Å²) in [7, 11) is 0. The molecule has 12 nitrogen and oxygen atoms in total. The topological polar surface area (TPSA) is 115 Å². The van der Waals surface area contributed by atoms with Crippen LogP contribution in [0.1, 0.15) is 28.5 Å². The van der Waals surface area contributed by atoms with Crippen molar-refractivity contribution in [3.8, 4) is 0 Å². The zero-order chi connectivity index (χ0) is 35.4. The molecule has 0 radical (unpaired) electrons. The van der Waals surface area contributed by atoms with Crippen LogP contribution in [-0.2, 0) is 19.4 Å². The molecule has 3 saturated heterocycles. The predicted molar refractivity (Wildman–Crippen MR) is 198 cm³/mol. The van der Waals surface area contributed by atoms with Crippen LogP contribution < -0.4 is 16.6 Å². The Morgan fingerprint density at radius 1 is 0.804 bits per heavy atom. The van der Waals surface area contributed by atoms with Crippen molar-refractivity contribution in [2.75, 3.05) is 72.1 Å². The predicted octanol–water partition coefficient (Wildman–Crippen LogP) is 3.84. The van der Waals surface area contributed by atoms with Crippen molar-refractivity contribution in [2.24, 2.45) is 0 Å². The van der Waals surface area contributed by atoms with Gasteiger partial charge in [-0.2, -0.15) is 0 Å². The number of rotatable bonds is 10. The maximum Gasteiger partial charge on any atom is 0.363 e. The normalized spacial score (nSPS) is 22.8. The summed E-state index contributed by atoms with van der Waals surface area (Å²) in [5, 5.41) is 8.03. The van der Waals surface area contributed by atoms with Crippen molar-refractivity contribution in [2.45, 2.75) is 24.8 Å². The second-order valence-electron chi connectivity index (χ2n) is 13.3. The Labute approximate surface area is 302 Å². The van der Waals surface area contributed by atoms with Gasteiger partial charge in [0.1, 0.15) is 0 Å². The molecule has 3 fully saturated rings. The van der Waals surface area contributed by atoms with Gasteiger partial charge in [-0.25, -0.2) is 19.5 Å². The molecular formula is C37H45ClN7O5P. The molecule has 2 N–H and O–H groups in total. The number of nitrogens with one attached hydrogen (secondary N) is 2. The molecule has 0 bridgehead atoms. The first kappa shape index (κ1) is 36.0. The molecule has 0 amide bonds. The summed E-state index contributed by atoms with van der Waals surface area (Å²) in [4.78, 5) is 30.4. The Bertz CT molecular complexity index is 1820. The molecule has 4 heterocycles. The van der Waals surface area contributed by atoms with Crippen molar-refractivity contribution in [1.29, 1.82) is 0 Å². The maximum atomic E-state index is 14.0. The number of piperazine rings is 2. The van der Waals surface area contributed by atoms with E-state index >= 15 is 0 Å². The summed E-state index contributed by atoms with van der Waals surface area (Å²) in [5.41, 5.74) is 1.61. The van der Waals surface area contributed by atoms with Gasteiger partial charge >= 0.3 is 12.6 Å². The third-order valence-electron chi connectivity index (χ3n) is 10.1. The van der Waals surface area contributed by atoms with E-state index in [2.05, 4.69) is 61.6 Å². The molecule has 14 heteroatoms. The smallest absolute Gasteiger partial charge is 0.350 e. The number of hydrogen-bond acceptors (Lipinski definition) is 9. The van der Waals surface area contributed by atoms with Crippen LogP contribution in [0, 0.1) is 6.92 Å². The summed E-state index contributed by atoms with van der Waals surface area (Å²) in [5.74, 6) is 0. The van der Waals surface area contributed by atoms with E-state index in [0.29, 0.717) is 38.3 Å². The number of hydrogen-bond donors (Lipinski definition) is 2. The Balaban J connectivity index is 1.23. The Hall–Kier alpha value is -3.42. The van der Waals surface area contributed by atoms with Crippen LogP contribution in [0.3, 0.4) is 0 Å². The molecule has 3 aromatic carbocycles. The third kappa shape index (κ3) is 7.57. The highest BCUT2D eigenvalue weighted by atomic mass is 35.7. The van der Waals surface area contributed by atoms with Crippen molar-refractivity contribution in [3.63, 3.8) is 0 Å². The van der Waals surface area contributed by atoms with Crippen LogP contribution in [0.5, 0.6) is 0 Å². The van der Waals surface area contributed by atoms with Gasteiger partial charge in [-0.3, -0.25) is 23.8 Å². The van der Waals surface area contributed by atoms with Crippen LogP contribution in [0.4, 0.5) is 0 Å². The third-order valence-corrected chi connectivity index (χ3v) is 12.6. The average Bonchev–Trinajstić information content (AvgIpc) is 3.17. The number of aromatic nitrogens is 2. The van der Waals surface area contributed by atoms with Crippen LogP contribution in [0.25, 0.3) is 0 Å². The lowest BCUT2D eigenvalue weighted by atomic mass is 9.75. The van der Waals surface area contributed by atoms with Gasteiger partial charge in [0.2, 0.25) is 0 Å². The van der Waals surface area contributed by atoms with Gasteiger partial charge < -0.3 is 14.6 Å². The van der Waals surface area contributed by atoms with Gasteiger partial charge in [-0.05, 0) is 34.9 Å². The highest BCUT2D eigenvalue weighted by Crippen LogP contribution is 2.56. The molecule has 1 aromatic heterocycles. The number of H-pyrrole nitrogens is 1. The largest absolute Gasteiger partial charge is 0.363 e. The highest BCUT2D eigenvalue weighted by Gasteiger charge is 2.47. The zero-order valence-electron chi connectivity index (χ0n) is 28.8. The molecule has 270 valence electrons. The summed E-state index contributed by atoms with van der Waals surface area (Å²) >= 11 is 6.75. The molecule has 4 aromatic rings. The van der Waals surface area contributed by atoms with E-state index < -0.39 is 36.0 Å². The fourth-order valence-electron chi connectivity index (χ4n) is 7.62. The van der Waals surface area contributed by atoms with Crippen molar-refractivity contribution in [3.05, 3.63) is 140 Å². The molecule has 3 aliphatic heterocycles. The van der Waals surface area contributed by atoms with Crippen LogP contribution in [0.15, 0.2) is 107 Å². The Morgan fingerprint density at radius 2 is 1.33 bits per heavy atom. The molecule has 3 aliphatic rings. The first-order valence-corrected chi connectivity index (χ1v) is 20.0. The number of aryl methyl sites for hydroxylation is 1. The van der Waals surface area contributed by atoms with Gasteiger partial charge in [0.05, 0.1) is 18.2 Å². The first-order valence-electron chi connectivity index (χ1n) is 17.5. The number of halogens is 1. The quantitative estimate of drug-likeness (QED) is 0.184. The molecule has 3 unspecified atom stereocenters. The monoisotopic (exact) mass is 733 g/mol. The molecule has 0 saturated carbocycles. The fourth-order valence-corrected chi connectivity index (χ4v) is 9.41. The van der Waals surface area contributed by atoms with E-state index in [1.807, 2.05) is 54.6 Å². The number of ether oxygens (including phenoxy) is 1. The minimum Gasteiger partial charge on any atom is -0.350 e. The molecule has 0 aliphatic carbocycles. The summed E-state index contributed by atoms with van der Waals surface area (Å²) in [6.07, 6.45) is 0.0723. The minimum atomic E-state index is -3.72. The van der Waals surface area contributed by atoms with Crippen LogP contribution in [-0.4, -0.2) is 107 Å². The standard InChI is InChI=1S/C37H45ClN7O5P/c1-29-25-45(36(47)40-35(29)46)34-27-41(37(30-11-5-2-6-12-30,31-13-7-3-8-14-31)32-15-9-4-10-16-32)26-33(50-34)28-49-51(38,48)44-23-21-43(22-24-44)42-19-17-39-18-20-42/h2-16,25,33-34,39H,17-24,26-28H2,1H3,(H,40,46,47). The van der Waals surface area contributed by atoms with E-state index in [0.717, 1.165) is 42.9 Å². The molecule has 0 spiro atoms.